The van der Waals surface area contributed by atoms with Crippen LogP contribution in [0.25, 0.3) is 0 Å². The summed E-state index contributed by atoms with van der Waals surface area (Å²) in [5.74, 6) is 0. The van der Waals surface area contributed by atoms with Gasteiger partial charge in [0.2, 0.25) is 0 Å². The predicted molar refractivity (Wildman–Crippen MR) is 52.8 cm³/mol. The van der Waals surface area contributed by atoms with Gasteiger partial charge in [0.05, 0.1) is 0 Å². The van der Waals surface area contributed by atoms with Gasteiger partial charge in [-0.05, 0) is 19.3 Å². The summed E-state index contributed by atoms with van der Waals surface area (Å²) in [6, 6.07) is 0.301. The van der Waals surface area contributed by atoms with Gasteiger partial charge >= 0.3 is 0 Å². The van der Waals surface area contributed by atoms with Crippen LogP contribution in [0.4, 0.5) is 4.39 Å². The molecule has 2 nitrogen and oxygen atoms in total. The monoisotopic (exact) mass is 275 g/mol. The standard InChI is InChI=1S/C7H14FNO.HI/c8-6-9-4-1-2-7(9)3-5-10;/h7,10H,1-6H2;1H/t7-;/m1./s1. The van der Waals surface area contributed by atoms with Crippen LogP contribution >= 0.6 is 24.0 Å². The summed E-state index contributed by atoms with van der Waals surface area (Å²) < 4.78 is 12.1. The molecule has 0 aliphatic carbocycles. The highest BCUT2D eigenvalue weighted by Gasteiger charge is 2.22. The van der Waals surface area contributed by atoms with E-state index in [2.05, 4.69) is 0 Å². The number of aliphatic hydroxyl groups is 1. The zero-order chi connectivity index (χ0) is 7.40. The maximum Gasteiger partial charge on any atom is 0.143 e. The zero-order valence-corrected chi connectivity index (χ0v) is 8.83. The number of nitrogens with zero attached hydrogens (tertiary/aromatic N) is 1. The minimum Gasteiger partial charge on any atom is -0.396 e. The van der Waals surface area contributed by atoms with E-state index in [0.29, 0.717) is 6.04 Å². The highest BCUT2D eigenvalue weighted by molar-refractivity contribution is 14.0. The highest BCUT2D eigenvalue weighted by Crippen LogP contribution is 2.18. The van der Waals surface area contributed by atoms with Crippen LogP contribution in [-0.4, -0.2) is 36.0 Å². The van der Waals surface area contributed by atoms with Gasteiger partial charge < -0.3 is 5.11 Å². The lowest BCUT2D eigenvalue weighted by Crippen LogP contribution is -2.29. The fraction of sp³-hybridized carbons (Fsp3) is 1.00. The lowest BCUT2D eigenvalue weighted by atomic mass is 10.2. The maximum absolute atomic E-state index is 12.1. The Balaban J connectivity index is 0.000001000. The van der Waals surface area contributed by atoms with E-state index in [0.717, 1.165) is 25.8 Å². The molecule has 0 amide bonds. The van der Waals surface area contributed by atoms with Crippen LogP contribution in [0.3, 0.4) is 0 Å². The molecule has 0 radical (unpaired) electrons. The summed E-state index contributed by atoms with van der Waals surface area (Å²) in [4.78, 5) is 1.79. The van der Waals surface area contributed by atoms with Crippen molar-refractivity contribution in [2.24, 2.45) is 0 Å². The van der Waals surface area contributed by atoms with Gasteiger partial charge in [0.1, 0.15) is 6.80 Å². The van der Waals surface area contributed by atoms with E-state index in [1.54, 1.807) is 4.90 Å². The minimum atomic E-state index is -0.356. The number of hydrogen-bond acceptors (Lipinski definition) is 2. The molecular formula is C7H15FINO. The van der Waals surface area contributed by atoms with Crippen molar-refractivity contribution >= 4 is 24.0 Å². The molecule has 0 aromatic rings. The molecule has 68 valence electrons. The van der Waals surface area contributed by atoms with Crippen molar-refractivity contribution in [3.63, 3.8) is 0 Å². The lowest BCUT2D eigenvalue weighted by molar-refractivity contribution is 0.144. The van der Waals surface area contributed by atoms with E-state index >= 15 is 0 Å². The van der Waals surface area contributed by atoms with Crippen LogP contribution < -0.4 is 0 Å². The maximum atomic E-state index is 12.1. The molecule has 1 saturated heterocycles. The number of halogens is 2. The normalized spacial score (nSPS) is 25.1. The molecule has 1 N–H and O–H groups in total. The Morgan fingerprint density at radius 2 is 2.27 bits per heavy atom. The summed E-state index contributed by atoms with van der Waals surface area (Å²) in [7, 11) is 0. The van der Waals surface area contributed by atoms with Gasteiger partial charge in [-0.25, -0.2) is 4.39 Å². The third-order valence-electron chi connectivity index (χ3n) is 2.11. The first-order valence-electron chi connectivity index (χ1n) is 3.79. The van der Waals surface area contributed by atoms with E-state index in [1.165, 1.54) is 0 Å². The molecule has 11 heavy (non-hydrogen) atoms. The number of likely N-dealkylation sites (tertiary alicyclic amines) is 1. The van der Waals surface area contributed by atoms with Crippen LogP contribution in [0, 0.1) is 0 Å². The Hall–Kier alpha value is 0.580. The van der Waals surface area contributed by atoms with Gasteiger partial charge in [-0.3, -0.25) is 4.90 Å². The van der Waals surface area contributed by atoms with E-state index in [1.807, 2.05) is 0 Å². The van der Waals surface area contributed by atoms with Gasteiger partial charge in [0.25, 0.3) is 0 Å². The third-order valence-corrected chi connectivity index (χ3v) is 2.11. The summed E-state index contributed by atoms with van der Waals surface area (Å²) in [5, 5.41) is 8.59. The Morgan fingerprint density at radius 3 is 2.82 bits per heavy atom. The molecule has 1 rings (SSSR count). The number of rotatable bonds is 3. The van der Waals surface area contributed by atoms with Crippen molar-refractivity contribution < 1.29 is 9.50 Å². The fourth-order valence-corrected chi connectivity index (χ4v) is 1.53. The molecule has 0 aromatic heterocycles. The lowest BCUT2D eigenvalue weighted by Gasteiger charge is -2.19. The predicted octanol–water partition coefficient (Wildman–Crippen LogP) is 1.38. The fourth-order valence-electron chi connectivity index (χ4n) is 1.53. The molecule has 4 heteroatoms. The molecule has 0 bridgehead atoms. The van der Waals surface area contributed by atoms with E-state index in [4.69, 9.17) is 5.11 Å². The van der Waals surface area contributed by atoms with Crippen molar-refractivity contribution in [1.82, 2.24) is 4.90 Å². The average Bonchev–Trinajstić information content (AvgIpc) is 2.36. The molecule has 0 aromatic carbocycles. The molecular weight excluding hydrogens is 260 g/mol. The number of alkyl halides is 1. The average molecular weight is 275 g/mol. The van der Waals surface area contributed by atoms with Crippen LogP contribution in [0.2, 0.25) is 0 Å². The van der Waals surface area contributed by atoms with Crippen molar-refractivity contribution in [1.29, 1.82) is 0 Å². The molecule has 1 aliphatic rings. The Bertz CT molecular complexity index is 104. The SMILES string of the molecule is I.OCC[C@H]1CCCN1CF. The summed E-state index contributed by atoms with van der Waals surface area (Å²) in [5.41, 5.74) is 0. The molecule has 0 spiro atoms. The molecule has 0 unspecified atom stereocenters. The molecule has 1 aliphatic heterocycles. The van der Waals surface area contributed by atoms with Crippen molar-refractivity contribution in [2.75, 3.05) is 20.0 Å². The minimum absolute atomic E-state index is 0. The summed E-state index contributed by atoms with van der Waals surface area (Å²) in [6.45, 7) is 0.688. The summed E-state index contributed by atoms with van der Waals surface area (Å²) in [6.07, 6.45) is 2.85. The van der Waals surface area contributed by atoms with Gasteiger partial charge in [0, 0.05) is 19.2 Å². The van der Waals surface area contributed by atoms with Crippen LogP contribution in [0.1, 0.15) is 19.3 Å². The second-order valence-corrected chi connectivity index (χ2v) is 2.74. The second-order valence-electron chi connectivity index (χ2n) is 2.74. The van der Waals surface area contributed by atoms with Crippen LogP contribution in [-0.2, 0) is 0 Å². The van der Waals surface area contributed by atoms with E-state index in [9.17, 15) is 4.39 Å². The van der Waals surface area contributed by atoms with E-state index < -0.39 is 0 Å². The zero-order valence-electron chi connectivity index (χ0n) is 6.50. The van der Waals surface area contributed by atoms with Gasteiger partial charge in [0.15, 0.2) is 0 Å². The first-order valence-corrected chi connectivity index (χ1v) is 3.79. The smallest absolute Gasteiger partial charge is 0.143 e. The number of aliphatic hydroxyl groups excluding tert-OH is 1. The quantitative estimate of drug-likeness (QED) is 0.621. The second kappa shape index (κ2) is 6.14. The topological polar surface area (TPSA) is 23.5 Å². The van der Waals surface area contributed by atoms with Gasteiger partial charge in [-0.15, -0.1) is 24.0 Å². The first kappa shape index (κ1) is 11.6. The van der Waals surface area contributed by atoms with Crippen LogP contribution in [0.15, 0.2) is 0 Å². The number of hydrogen-bond donors (Lipinski definition) is 1. The molecule has 1 fully saturated rings. The summed E-state index contributed by atoms with van der Waals surface area (Å²) >= 11 is 0. The Kier molecular flexibility index (Phi) is 6.46. The van der Waals surface area contributed by atoms with Crippen molar-refractivity contribution in [2.45, 2.75) is 25.3 Å². The van der Waals surface area contributed by atoms with Gasteiger partial charge in [-0.2, -0.15) is 0 Å². The molecule has 0 saturated carbocycles. The largest absolute Gasteiger partial charge is 0.396 e. The van der Waals surface area contributed by atoms with Crippen molar-refractivity contribution in [3.8, 4) is 0 Å². The van der Waals surface area contributed by atoms with Gasteiger partial charge in [-0.1, -0.05) is 0 Å². The Morgan fingerprint density at radius 1 is 1.55 bits per heavy atom. The Labute approximate surface area is 83.8 Å². The first-order chi connectivity index (χ1) is 4.88. The molecule has 1 heterocycles. The van der Waals surface area contributed by atoms with Crippen molar-refractivity contribution in [3.05, 3.63) is 0 Å². The third kappa shape index (κ3) is 3.21. The molecule has 1 atom stereocenters. The van der Waals surface area contributed by atoms with Crippen LogP contribution in [0.5, 0.6) is 0 Å². The highest BCUT2D eigenvalue weighted by atomic mass is 127. The van der Waals surface area contributed by atoms with E-state index in [-0.39, 0.29) is 37.4 Å².